The second-order valence-electron chi connectivity index (χ2n) is 5.36. The zero-order chi connectivity index (χ0) is 17.3. The van der Waals surface area contributed by atoms with Gasteiger partial charge in [0.1, 0.15) is 22.6 Å². The lowest BCUT2D eigenvalue weighted by molar-refractivity contribution is -0.118. The van der Waals surface area contributed by atoms with E-state index in [1.165, 1.54) is 41.3 Å². The summed E-state index contributed by atoms with van der Waals surface area (Å²) in [5.41, 5.74) is 0.481. The summed E-state index contributed by atoms with van der Waals surface area (Å²) in [7, 11) is -4.15. The summed E-state index contributed by atoms with van der Waals surface area (Å²) in [4.78, 5) is 13.3. The molecule has 1 aliphatic rings. The maximum absolute atomic E-state index is 13.7. The zero-order valence-electron chi connectivity index (χ0n) is 12.4. The first-order chi connectivity index (χ1) is 11.4. The highest BCUT2D eigenvalue weighted by molar-refractivity contribution is 7.89. The number of hydrogen-bond acceptors (Lipinski definition) is 3. The highest BCUT2D eigenvalue weighted by Gasteiger charge is 2.36. The van der Waals surface area contributed by atoms with Crippen LogP contribution in [-0.4, -0.2) is 26.9 Å². The Morgan fingerprint density at radius 3 is 2.38 bits per heavy atom. The molecule has 1 saturated heterocycles. The fourth-order valence-electron chi connectivity index (χ4n) is 2.58. The third-order valence-electron chi connectivity index (χ3n) is 3.77. The highest BCUT2D eigenvalue weighted by Crippen LogP contribution is 2.23. The Morgan fingerprint density at radius 1 is 1.04 bits per heavy atom. The summed E-state index contributed by atoms with van der Waals surface area (Å²) >= 11 is 0. The first-order valence-electron chi connectivity index (χ1n) is 7.22. The van der Waals surface area contributed by atoms with E-state index < -0.39 is 38.5 Å². The average Bonchev–Trinajstić information content (AvgIpc) is 2.89. The van der Waals surface area contributed by atoms with Crippen LogP contribution >= 0.6 is 0 Å². The van der Waals surface area contributed by atoms with Crippen LogP contribution in [0.5, 0.6) is 0 Å². The normalized spacial score (nSPS) is 18.2. The van der Waals surface area contributed by atoms with Crippen LogP contribution in [0.3, 0.4) is 0 Å². The van der Waals surface area contributed by atoms with Crippen LogP contribution in [0.2, 0.25) is 0 Å². The van der Waals surface area contributed by atoms with E-state index in [0.717, 1.165) is 12.1 Å². The average molecular weight is 352 g/mol. The molecule has 24 heavy (non-hydrogen) atoms. The molecule has 3 rings (SSSR count). The Morgan fingerprint density at radius 2 is 1.71 bits per heavy atom. The Kier molecular flexibility index (Phi) is 4.33. The number of carbonyl (C=O) groups excluding carboxylic acids is 1. The van der Waals surface area contributed by atoms with E-state index in [1.807, 2.05) is 0 Å². The molecular formula is C16H14F2N2O3S. The molecule has 1 heterocycles. The van der Waals surface area contributed by atoms with Gasteiger partial charge in [0.2, 0.25) is 15.9 Å². The minimum atomic E-state index is -4.15. The molecule has 0 unspecified atom stereocenters. The van der Waals surface area contributed by atoms with Gasteiger partial charge in [-0.2, -0.15) is 4.72 Å². The number of sulfonamides is 1. The maximum atomic E-state index is 13.7. The molecule has 0 radical (unpaired) electrons. The van der Waals surface area contributed by atoms with E-state index in [-0.39, 0.29) is 13.0 Å². The molecular weight excluding hydrogens is 338 g/mol. The Bertz CT molecular complexity index is 869. The molecule has 1 fully saturated rings. The summed E-state index contributed by atoms with van der Waals surface area (Å²) in [5, 5.41) is 0. The van der Waals surface area contributed by atoms with Crippen molar-refractivity contribution in [2.45, 2.75) is 17.4 Å². The summed E-state index contributed by atoms with van der Waals surface area (Å²) in [5.74, 6) is -1.77. The lowest BCUT2D eigenvalue weighted by Gasteiger charge is -2.17. The lowest BCUT2D eigenvalue weighted by atomic mass is 10.3. The quantitative estimate of drug-likeness (QED) is 0.916. The molecule has 1 atom stereocenters. The molecule has 0 aliphatic carbocycles. The zero-order valence-corrected chi connectivity index (χ0v) is 13.3. The van der Waals surface area contributed by atoms with Crippen LogP contribution in [0.4, 0.5) is 14.5 Å². The van der Waals surface area contributed by atoms with Crippen molar-refractivity contribution in [2.24, 2.45) is 0 Å². The van der Waals surface area contributed by atoms with Crippen molar-refractivity contribution in [3.63, 3.8) is 0 Å². The number of halogens is 2. The number of amides is 1. The van der Waals surface area contributed by atoms with E-state index in [4.69, 9.17) is 0 Å². The van der Waals surface area contributed by atoms with E-state index in [0.29, 0.717) is 5.69 Å². The Labute approximate surface area is 138 Å². The van der Waals surface area contributed by atoms with Gasteiger partial charge in [-0.15, -0.1) is 0 Å². The molecule has 126 valence electrons. The molecule has 0 bridgehead atoms. The first-order valence-corrected chi connectivity index (χ1v) is 8.70. The molecule has 2 aromatic carbocycles. The Hall–Kier alpha value is -2.32. The van der Waals surface area contributed by atoms with Gasteiger partial charge in [-0.3, -0.25) is 4.79 Å². The maximum Gasteiger partial charge on any atom is 0.245 e. The number of hydrogen-bond donors (Lipinski definition) is 1. The predicted octanol–water partition coefficient (Wildman–Crippen LogP) is 2.05. The van der Waals surface area contributed by atoms with Gasteiger partial charge < -0.3 is 4.90 Å². The highest BCUT2D eigenvalue weighted by atomic mass is 32.2. The van der Waals surface area contributed by atoms with Crippen LogP contribution in [0.25, 0.3) is 0 Å². The largest absolute Gasteiger partial charge is 0.311 e. The Balaban J connectivity index is 1.79. The molecule has 8 heteroatoms. The molecule has 1 amide bonds. The van der Waals surface area contributed by atoms with Crippen LogP contribution in [0.1, 0.15) is 6.42 Å². The SMILES string of the molecule is O=C1[C@@H](NS(=O)(=O)c2ccccc2F)CCN1c1ccc(F)cc1. The number of anilines is 1. The third kappa shape index (κ3) is 3.15. The van der Waals surface area contributed by atoms with Gasteiger partial charge in [0.05, 0.1) is 0 Å². The van der Waals surface area contributed by atoms with Gasteiger partial charge >= 0.3 is 0 Å². The van der Waals surface area contributed by atoms with Crippen molar-refractivity contribution in [2.75, 3.05) is 11.4 Å². The second kappa shape index (κ2) is 6.29. The van der Waals surface area contributed by atoms with E-state index in [2.05, 4.69) is 4.72 Å². The summed E-state index contributed by atoms with van der Waals surface area (Å²) < 4.78 is 53.4. The third-order valence-corrected chi connectivity index (χ3v) is 5.27. The minimum absolute atomic E-state index is 0.240. The molecule has 1 N–H and O–H groups in total. The van der Waals surface area contributed by atoms with Gasteiger partial charge in [0, 0.05) is 12.2 Å². The van der Waals surface area contributed by atoms with E-state index >= 15 is 0 Å². The van der Waals surface area contributed by atoms with Crippen molar-refractivity contribution in [3.05, 3.63) is 60.2 Å². The molecule has 2 aromatic rings. The predicted molar refractivity (Wildman–Crippen MR) is 83.9 cm³/mol. The smallest absolute Gasteiger partial charge is 0.245 e. The number of rotatable bonds is 4. The molecule has 0 aromatic heterocycles. The van der Waals surface area contributed by atoms with Crippen molar-refractivity contribution < 1.29 is 22.0 Å². The van der Waals surface area contributed by atoms with E-state index in [9.17, 15) is 22.0 Å². The monoisotopic (exact) mass is 352 g/mol. The van der Waals surface area contributed by atoms with Crippen LogP contribution in [0.15, 0.2) is 53.4 Å². The topological polar surface area (TPSA) is 66.5 Å². The molecule has 0 spiro atoms. The first kappa shape index (κ1) is 16.5. The number of carbonyl (C=O) groups is 1. The summed E-state index contributed by atoms with van der Waals surface area (Å²) in [6.45, 7) is 0.287. The van der Waals surface area contributed by atoms with Crippen LogP contribution < -0.4 is 9.62 Å². The fraction of sp³-hybridized carbons (Fsp3) is 0.188. The summed E-state index contributed by atoms with van der Waals surface area (Å²) in [6, 6.07) is 9.30. The summed E-state index contributed by atoms with van der Waals surface area (Å²) in [6.07, 6.45) is 0.240. The minimum Gasteiger partial charge on any atom is -0.311 e. The second-order valence-corrected chi connectivity index (χ2v) is 7.04. The molecule has 5 nitrogen and oxygen atoms in total. The fourth-order valence-corrected chi connectivity index (χ4v) is 3.88. The van der Waals surface area contributed by atoms with Crippen molar-refractivity contribution >= 4 is 21.6 Å². The van der Waals surface area contributed by atoms with E-state index in [1.54, 1.807) is 0 Å². The van der Waals surface area contributed by atoms with Gasteiger partial charge in [0.15, 0.2) is 0 Å². The van der Waals surface area contributed by atoms with Crippen molar-refractivity contribution in [3.8, 4) is 0 Å². The number of nitrogens with one attached hydrogen (secondary N) is 1. The van der Waals surface area contributed by atoms with Crippen molar-refractivity contribution in [1.82, 2.24) is 4.72 Å². The van der Waals surface area contributed by atoms with Gasteiger partial charge in [-0.05, 0) is 42.8 Å². The van der Waals surface area contributed by atoms with Crippen molar-refractivity contribution in [1.29, 1.82) is 0 Å². The molecule has 1 aliphatic heterocycles. The number of nitrogens with zero attached hydrogens (tertiary/aromatic N) is 1. The van der Waals surface area contributed by atoms with Gasteiger partial charge in [0.25, 0.3) is 0 Å². The number of benzene rings is 2. The van der Waals surface area contributed by atoms with Gasteiger partial charge in [-0.25, -0.2) is 17.2 Å². The van der Waals surface area contributed by atoms with Crippen LogP contribution in [-0.2, 0) is 14.8 Å². The van der Waals surface area contributed by atoms with Crippen LogP contribution in [0, 0.1) is 11.6 Å². The molecule has 0 saturated carbocycles. The lowest BCUT2D eigenvalue weighted by Crippen LogP contribution is -2.41. The van der Waals surface area contributed by atoms with Gasteiger partial charge in [-0.1, -0.05) is 12.1 Å². The standard InChI is InChI=1S/C16H14F2N2O3S/c17-11-5-7-12(8-6-11)20-10-9-14(16(20)21)19-24(22,23)15-4-2-1-3-13(15)18/h1-8,14,19H,9-10H2/t14-/m0/s1.